The van der Waals surface area contributed by atoms with E-state index in [1.165, 1.54) is 5.56 Å². The molecule has 3 nitrogen and oxygen atoms in total. The summed E-state index contributed by atoms with van der Waals surface area (Å²) in [6.45, 7) is 4.14. The average molecular weight is 196 g/mol. The smallest absolute Gasteiger partial charge is 0.181 e. The Morgan fingerprint density at radius 1 is 1.29 bits per heavy atom. The first kappa shape index (κ1) is 11.2. The van der Waals surface area contributed by atoms with Gasteiger partial charge in [-0.15, -0.1) is 0 Å². The molecule has 0 bridgehead atoms. The Labute approximate surface area is 84.3 Å². The van der Waals surface area contributed by atoms with Crippen molar-refractivity contribution >= 4 is 0 Å². The zero-order valence-electron chi connectivity index (χ0n) is 8.51. The van der Waals surface area contributed by atoms with Crippen molar-refractivity contribution in [2.24, 2.45) is 0 Å². The fourth-order valence-corrected chi connectivity index (χ4v) is 1.05. The lowest BCUT2D eigenvalue weighted by molar-refractivity contribution is -0.104. The highest BCUT2D eigenvalue weighted by atomic mass is 16.8. The van der Waals surface area contributed by atoms with E-state index in [0.717, 1.165) is 0 Å². The molecule has 2 atom stereocenters. The van der Waals surface area contributed by atoms with Crippen LogP contribution in [0.4, 0.5) is 0 Å². The number of hydrogen-bond donors (Lipinski definition) is 1. The van der Waals surface area contributed by atoms with E-state index in [2.05, 4.69) is 19.1 Å². The van der Waals surface area contributed by atoms with Crippen molar-refractivity contribution in [3.8, 4) is 0 Å². The van der Waals surface area contributed by atoms with Crippen LogP contribution in [0.3, 0.4) is 0 Å². The standard InChI is InChI=1S/C7H8.C4H8O3/c1-7-5-3-2-4-6-7;1-3-6-2-4(5)7-3/h2-6H,1H3;3-5H,2H2,1H3. The Hall–Kier alpha value is -0.900. The quantitative estimate of drug-likeness (QED) is 0.686. The lowest BCUT2D eigenvalue weighted by Gasteiger charge is -1.97. The highest BCUT2D eigenvalue weighted by Gasteiger charge is 2.18. The number of ether oxygens (including phenoxy) is 2. The van der Waals surface area contributed by atoms with Crippen LogP contribution in [0.2, 0.25) is 0 Å². The van der Waals surface area contributed by atoms with Gasteiger partial charge in [0.2, 0.25) is 0 Å². The summed E-state index contributed by atoms with van der Waals surface area (Å²) in [5.41, 5.74) is 1.32. The predicted molar refractivity (Wildman–Crippen MR) is 53.7 cm³/mol. The molecule has 1 heterocycles. The minimum atomic E-state index is -0.699. The van der Waals surface area contributed by atoms with Gasteiger partial charge in [0.25, 0.3) is 0 Å². The lowest BCUT2D eigenvalue weighted by Crippen LogP contribution is -2.07. The molecule has 0 amide bonds. The summed E-state index contributed by atoms with van der Waals surface area (Å²) in [6, 6.07) is 10.3. The van der Waals surface area contributed by atoms with Crippen molar-refractivity contribution < 1.29 is 14.6 Å². The molecule has 3 heteroatoms. The van der Waals surface area contributed by atoms with E-state index in [4.69, 9.17) is 14.6 Å². The molecule has 0 aliphatic carbocycles. The Morgan fingerprint density at radius 2 is 1.93 bits per heavy atom. The predicted octanol–water partition coefficient (Wildman–Crippen LogP) is 1.69. The van der Waals surface area contributed by atoms with E-state index >= 15 is 0 Å². The number of aliphatic hydroxyl groups excluding tert-OH is 1. The normalized spacial score (nSPS) is 25.4. The molecule has 0 radical (unpaired) electrons. The van der Waals surface area contributed by atoms with Crippen LogP contribution < -0.4 is 0 Å². The first-order valence-electron chi connectivity index (χ1n) is 4.65. The maximum atomic E-state index is 8.55. The van der Waals surface area contributed by atoms with Gasteiger partial charge < -0.3 is 14.6 Å². The van der Waals surface area contributed by atoms with Crippen LogP contribution in [-0.2, 0) is 9.47 Å². The van der Waals surface area contributed by atoms with Crippen LogP contribution in [0.15, 0.2) is 30.3 Å². The van der Waals surface area contributed by atoms with Gasteiger partial charge in [0.1, 0.15) is 6.61 Å². The SMILES string of the molecule is CC1OCC(O)O1.Cc1ccccc1. The first-order valence-corrected chi connectivity index (χ1v) is 4.65. The van der Waals surface area contributed by atoms with Gasteiger partial charge in [-0.05, 0) is 13.8 Å². The molecule has 14 heavy (non-hydrogen) atoms. The Kier molecular flexibility index (Phi) is 4.59. The maximum Gasteiger partial charge on any atom is 0.181 e. The van der Waals surface area contributed by atoms with Crippen molar-refractivity contribution in [3.63, 3.8) is 0 Å². The zero-order chi connectivity index (χ0) is 10.4. The van der Waals surface area contributed by atoms with E-state index in [1.807, 2.05) is 18.2 Å². The summed E-state index contributed by atoms with van der Waals surface area (Å²) in [6.07, 6.45) is -0.926. The molecule has 0 spiro atoms. The molecule has 78 valence electrons. The van der Waals surface area contributed by atoms with Gasteiger partial charge in [-0.3, -0.25) is 0 Å². The number of benzene rings is 1. The van der Waals surface area contributed by atoms with Gasteiger partial charge in [-0.2, -0.15) is 0 Å². The molecule has 1 saturated heterocycles. The van der Waals surface area contributed by atoms with Crippen LogP contribution in [0.1, 0.15) is 12.5 Å². The van der Waals surface area contributed by atoms with Crippen LogP contribution in [-0.4, -0.2) is 24.3 Å². The maximum absolute atomic E-state index is 8.55. The molecule has 0 saturated carbocycles. The Morgan fingerprint density at radius 3 is 2.14 bits per heavy atom. The number of aryl methyl sites for hydroxylation is 1. The molecule has 1 fully saturated rings. The van der Waals surface area contributed by atoms with E-state index < -0.39 is 6.29 Å². The van der Waals surface area contributed by atoms with E-state index in [9.17, 15) is 0 Å². The fourth-order valence-electron chi connectivity index (χ4n) is 1.05. The van der Waals surface area contributed by atoms with Gasteiger partial charge >= 0.3 is 0 Å². The summed E-state index contributed by atoms with van der Waals surface area (Å²) in [4.78, 5) is 0. The highest BCUT2D eigenvalue weighted by molar-refractivity contribution is 5.11. The largest absolute Gasteiger partial charge is 0.366 e. The minimum Gasteiger partial charge on any atom is -0.366 e. The second kappa shape index (κ2) is 5.75. The van der Waals surface area contributed by atoms with Gasteiger partial charge in [0.15, 0.2) is 12.6 Å². The Bertz CT molecular complexity index is 240. The monoisotopic (exact) mass is 196 g/mol. The van der Waals surface area contributed by atoms with Crippen LogP contribution in [0.5, 0.6) is 0 Å². The second-order valence-electron chi connectivity index (χ2n) is 3.15. The van der Waals surface area contributed by atoms with Crippen LogP contribution in [0.25, 0.3) is 0 Å². The van der Waals surface area contributed by atoms with Crippen molar-refractivity contribution in [2.45, 2.75) is 26.4 Å². The third-order valence-electron chi connectivity index (χ3n) is 1.76. The van der Waals surface area contributed by atoms with E-state index in [0.29, 0.717) is 6.61 Å². The summed E-state index contributed by atoms with van der Waals surface area (Å²) in [5.74, 6) is 0. The summed E-state index contributed by atoms with van der Waals surface area (Å²) < 4.78 is 9.49. The average Bonchev–Trinajstić information content (AvgIpc) is 2.52. The van der Waals surface area contributed by atoms with Gasteiger partial charge in [0.05, 0.1) is 0 Å². The molecule has 1 aliphatic rings. The van der Waals surface area contributed by atoms with Crippen LogP contribution in [0, 0.1) is 6.92 Å². The Balaban J connectivity index is 0.000000140. The van der Waals surface area contributed by atoms with Gasteiger partial charge in [-0.1, -0.05) is 35.9 Å². The van der Waals surface area contributed by atoms with Crippen molar-refractivity contribution in [2.75, 3.05) is 6.61 Å². The molecule has 0 aromatic heterocycles. The molecule has 1 N–H and O–H groups in total. The highest BCUT2D eigenvalue weighted by Crippen LogP contribution is 2.06. The summed E-state index contributed by atoms with van der Waals surface area (Å²) in [5, 5.41) is 8.55. The lowest BCUT2D eigenvalue weighted by atomic mass is 10.2. The summed E-state index contributed by atoms with van der Waals surface area (Å²) >= 11 is 0. The van der Waals surface area contributed by atoms with Crippen molar-refractivity contribution in [1.82, 2.24) is 0 Å². The van der Waals surface area contributed by atoms with Crippen molar-refractivity contribution in [1.29, 1.82) is 0 Å². The molecule has 1 aromatic rings. The third-order valence-corrected chi connectivity index (χ3v) is 1.76. The van der Waals surface area contributed by atoms with E-state index in [1.54, 1.807) is 6.92 Å². The number of aliphatic hydroxyl groups is 1. The van der Waals surface area contributed by atoms with Crippen LogP contribution >= 0.6 is 0 Å². The molecule has 2 rings (SSSR count). The fraction of sp³-hybridized carbons (Fsp3) is 0.455. The molecule has 1 aliphatic heterocycles. The van der Waals surface area contributed by atoms with Gasteiger partial charge in [0, 0.05) is 0 Å². The second-order valence-corrected chi connectivity index (χ2v) is 3.15. The number of rotatable bonds is 0. The minimum absolute atomic E-state index is 0.227. The molecular weight excluding hydrogens is 180 g/mol. The topological polar surface area (TPSA) is 38.7 Å². The molecule has 2 unspecified atom stereocenters. The molecular formula is C11H16O3. The van der Waals surface area contributed by atoms with Crippen molar-refractivity contribution in [3.05, 3.63) is 35.9 Å². The zero-order valence-corrected chi connectivity index (χ0v) is 8.51. The molecule has 1 aromatic carbocycles. The summed E-state index contributed by atoms with van der Waals surface area (Å²) in [7, 11) is 0. The number of hydrogen-bond acceptors (Lipinski definition) is 3. The van der Waals surface area contributed by atoms with E-state index in [-0.39, 0.29) is 6.29 Å². The van der Waals surface area contributed by atoms with Gasteiger partial charge in [-0.25, -0.2) is 0 Å². The third kappa shape index (κ3) is 4.37. The first-order chi connectivity index (χ1) is 6.68.